The van der Waals surface area contributed by atoms with Gasteiger partial charge in [0.05, 0.1) is 12.7 Å². The quantitative estimate of drug-likeness (QED) is 0.657. The van der Waals surface area contributed by atoms with Crippen molar-refractivity contribution in [3.63, 3.8) is 0 Å². The molecule has 2 heteroatoms. The van der Waals surface area contributed by atoms with Gasteiger partial charge in [0.1, 0.15) is 5.75 Å². The second kappa shape index (κ2) is 8.31. The van der Waals surface area contributed by atoms with Crippen LogP contribution in [-0.4, -0.2) is 11.7 Å². The number of aliphatic hydroxyl groups is 1. The molecule has 1 aromatic rings. The van der Waals surface area contributed by atoms with Gasteiger partial charge in [0, 0.05) is 6.42 Å². The predicted octanol–water partition coefficient (Wildman–Crippen LogP) is 4.80. The van der Waals surface area contributed by atoms with E-state index in [1.807, 2.05) is 12.1 Å². The Morgan fingerprint density at radius 3 is 2.65 bits per heavy atom. The first kappa shape index (κ1) is 15.4. The Kier molecular flexibility index (Phi) is 6.38. The summed E-state index contributed by atoms with van der Waals surface area (Å²) in [6, 6.07) is 6.13. The van der Waals surface area contributed by atoms with E-state index in [-0.39, 0.29) is 6.10 Å². The number of rotatable bonds is 9. The van der Waals surface area contributed by atoms with Crippen molar-refractivity contribution in [2.24, 2.45) is 0 Å². The first-order valence-corrected chi connectivity index (χ1v) is 8.25. The van der Waals surface area contributed by atoms with Crippen LogP contribution < -0.4 is 4.74 Å². The highest BCUT2D eigenvalue weighted by atomic mass is 16.5. The van der Waals surface area contributed by atoms with Crippen molar-refractivity contribution in [1.29, 1.82) is 0 Å². The lowest BCUT2D eigenvalue weighted by atomic mass is 9.99. The molecule has 0 fully saturated rings. The molecule has 0 aliphatic carbocycles. The van der Waals surface area contributed by atoms with E-state index in [9.17, 15) is 5.11 Å². The smallest absolute Gasteiger partial charge is 0.122 e. The standard InChI is InChI=1S/C18H28O2/c1-2-3-4-5-6-7-8-9-17(19)15-10-11-18-16(14-15)12-13-20-18/h10-11,14,17,19H,2-9,12-13H2,1H3. The molecule has 2 nitrogen and oxygen atoms in total. The number of unbranched alkanes of at least 4 members (excludes halogenated alkanes) is 6. The van der Waals surface area contributed by atoms with Crippen LogP contribution in [-0.2, 0) is 6.42 Å². The van der Waals surface area contributed by atoms with Gasteiger partial charge in [-0.25, -0.2) is 0 Å². The fraction of sp³-hybridized carbons (Fsp3) is 0.667. The number of ether oxygens (including phenoxy) is 1. The van der Waals surface area contributed by atoms with Crippen LogP contribution in [0.2, 0.25) is 0 Å². The summed E-state index contributed by atoms with van der Waals surface area (Å²) in [5.41, 5.74) is 2.31. The number of benzene rings is 1. The van der Waals surface area contributed by atoms with Crippen LogP contribution >= 0.6 is 0 Å². The minimum absolute atomic E-state index is 0.309. The molecule has 1 aliphatic rings. The highest BCUT2D eigenvalue weighted by Gasteiger charge is 2.15. The van der Waals surface area contributed by atoms with Crippen LogP contribution in [0.1, 0.15) is 75.5 Å². The second-order valence-electron chi connectivity index (χ2n) is 5.89. The first-order valence-electron chi connectivity index (χ1n) is 8.25. The molecule has 20 heavy (non-hydrogen) atoms. The van der Waals surface area contributed by atoms with E-state index in [4.69, 9.17) is 4.74 Å². The van der Waals surface area contributed by atoms with Crippen LogP contribution in [0.25, 0.3) is 0 Å². The van der Waals surface area contributed by atoms with Crippen LogP contribution in [0.5, 0.6) is 5.75 Å². The Bertz CT molecular complexity index is 400. The van der Waals surface area contributed by atoms with Gasteiger partial charge in [-0.2, -0.15) is 0 Å². The van der Waals surface area contributed by atoms with Crippen molar-refractivity contribution < 1.29 is 9.84 Å². The minimum atomic E-state index is -0.309. The van der Waals surface area contributed by atoms with Crippen LogP contribution in [0, 0.1) is 0 Å². The maximum absolute atomic E-state index is 10.3. The molecule has 2 rings (SSSR count). The van der Waals surface area contributed by atoms with Gasteiger partial charge < -0.3 is 9.84 Å². The molecule has 1 atom stereocenters. The van der Waals surface area contributed by atoms with Crippen molar-refractivity contribution in [2.75, 3.05) is 6.61 Å². The molecule has 0 amide bonds. The van der Waals surface area contributed by atoms with Crippen molar-refractivity contribution in [1.82, 2.24) is 0 Å². The Hall–Kier alpha value is -1.02. The monoisotopic (exact) mass is 276 g/mol. The molecular formula is C18H28O2. The molecule has 0 bridgehead atoms. The SMILES string of the molecule is CCCCCCCCCC(O)c1ccc2c(c1)CCO2. The van der Waals surface area contributed by atoms with E-state index in [2.05, 4.69) is 13.0 Å². The average Bonchev–Trinajstić information content (AvgIpc) is 2.93. The first-order chi connectivity index (χ1) is 9.81. The average molecular weight is 276 g/mol. The lowest BCUT2D eigenvalue weighted by Gasteiger charge is -2.12. The molecule has 0 radical (unpaired) electrons. The van der Waals surface area contributed by atoms with Gasteiger partial charge in [-0.15, -0.1) is 0 Å². The third-order valence-electron chi connectivity index (χ3n) is 4.18. The van der Waals surface area contributed by atoms with E-state index >= 15 is 0 Å². The van der Waals surface area contributed by atoms with Gasteiger partial charge in [0.25, 0.3) is 0 Å². The molecule has 1 aliphatic heterocycles. The largest absolute Gasteiger partial charge is 0.493 e. The number of aliphatic hydroxyl groups excluding tert-OH is 1. The van der Waals surface area contributed by atoms with E-state index in [0.29, 0.717) is 0 Å². The van der Waals surface area contributed by atoms with Gasteiger partial charge in [-0.05, 0) is 29.7 Å². The molecule has 0 aromatic heterocycles. The van der Waals surface area contributed by atoms with Crippen molar-refractivity contribution in [3.8, 4) is 5.75 Å². The van der Waals surface area contributed by atoms with Gasteiger partial charge >= 0.3 is 0 Å². The second-order valence-corrected chi connectivity index (χ2v) is 5.89. The highest BCUT2D eigenvalue weighted by molar-refractivity contribution is 5.40. The number of hydrogen-bond acceptors (Lipinski definition) is 2. The summed E-state index contributed by atoms with van der Waals surface area (Å²) >= 11 is 0. The Labute approximate surface area is 123 Å². The molecule has 1 unspecified atom stereocenters. The fourth-order valence-corrected chi connectivity index (χ4v) is 2.88. The summed E-state index contributed by atoms with van der Waals surface area (Å²) in [5.74, 6) is 0.997. The van der Waals surface area contributed by atoms with E-state index in [0.717, 1.165) is 37.2 Å². The van der Waals surface area contributed by atoms with Crippen LogP contribution in [0.4, 0.5) is 0 Å². The number of hydrogen-bond donors (Lipinski definition) is 1. The summed E-state index contributed by atoms with van der Waals surface area (Å²) in [4.78, 5) is 0. The van der Waals surface area contributed by atoms with Crippen molar-refractivity contribution >= 4 is 0 Å². The molecular weight excluding hydrogens is 248 g/mol. The van der Waals surface area contributed by atoms with E-state index < -0.39 is 0 Å². The Morgan fingerprint density at radius 2 is 1.85 bits per heavy atom. The van der Waals surface area contributed by atoms with Gasteiger partial charge in [0.15, 0.2) is 0 Å². The molecule has 1 heterocycles. The third kappa shape index (κ3) is 4.52. The zero-order chi connectivity index (χ0) is 14.2. The van der Waals surface area contributed by atoms with Crippen molar-refractivity contribution in [3.05, 3.63) is 29.3 Å². The summed E-state index contributed by atoms with van der Waals surface area (Å²) in [6.07, 6.45) is 10.6. The molecule has 0 saturated carbocycles. The summed E-state index contributed by atoms with van der Waals surface area (Å²) < 4.78 is 5.50. The van der Waals surface area contributed by atoms with Crippen LogP contribution in [0.3, 0.4) is 0 Å². The Morgan fingerprint density at radius 1 is 1.10 bits per heavy atom. The minimum Gasteiger partial charge on any atom is -0.493 e. The Balaban J connectivity index is 1.66. The molecule has 0 spiro atoms. The summed E-state index contributed by atoms with van der Waals surface area (Å²) in [7, 11) is 0. The predicted molar refractivity (Wildman–Crippen MR) is 83.2 cm³/mol. The van der Waals surface area contributed by atoms with Gasteiger partial charge in [-0.1, -0.05) is 57.9 Å². The van der Waals surface area contributed by atoms with E-state index in [1.165, 1.54) is 44.1 Å². The maximum atomic E-state index is 10.3. The third-order valence-corrected chi connectivity index (χ3v) is 4.18. The topological polar surface area (TPSA) is 29.5 Å². The van der Waals surface area contributed by atoms with E-state index in [1.54, 1.807) is 0 Å². The summed E-state index contributed by atoms with van der Waals surface area (Å²) in [6.45, 7) is 3.03. The van der Waals surface area contributed by atoms with Crippen LogP contribution in [0.15, 0.2) is 18.2 Å². The fourth-order valence-electron chi connectivity index (χ4n) is 2.88. The number of fused-ring (bicyclic) bond motifs is 1. The lowest BCUT2D eigenvalue weighted by Crippen LogP contribution is -1.98. The molecule has 1 N–H and O–H groups in total. The normalized spacial score (nSPS) is 14.9. The maximum Gasteiger partial charge on any atom is 0.122 e. The van der Waals surface area contributed by atoms with Crippen molar-refractivity contribution in [2.45, 2.75) is 70.8 Å². The zero-order valence-electron chi connectivity index (χ0n) is 12.7. The zero-order valence-corrected chi connectivity index (χ0v) is 12.7. The van der Waals surface area contributed by atoms with Gasteiger partial charge in [0.2, 0.25) is 0 Å². The molecule has 0 saturated heterocycles. The highest BCUT2D eigenvalue weighted by Crippen LogP contribution is 2.29. The van der Waals surface area contributed by atoms with Gasteiger partial charge in [-0.3, -0.25) is 0 Å². The summed E-state index contributed by atoms with van der Waals surface area (Å²) in [5, 5.41) is 10.3. The molecule has 112 valence electrons. The molecule has 1 aromatic carbocycles. The lowest BCUT2D eigenvalue weighted by molar-refractivity contribution is 0.163.